The van der Waals surface area contributed by atoms with E-state index in [1.165, 1.54) is 0 Å². The molecule has 1 fully saturated rings. The Balaban J connectivity index is 2.12. The lowest BCUT2D eigenvalue weighted by molar-refractivity contribution is -0.138. The molecule has 1 saturated heterocycles. The molecule has 6 heteroatoms. The maximum atomic E-state index is 13.0. The van der Waals surface area contributed by atoms with E-state index >= 15 is 0 Å². The van der Waals surface area contributed by atoms with Crippen molar-refractivity contribution in [3.05, 3.63) is 35.1 Å². The highest BCUT2D eigenvalue weighted by atomic mass is 19.4. The third kappa shape index (κ3) is 3.20. The fourth-order valence-corrected chi connectivity index (χ4v) is 2.07. The first-order valence-electron chi connectivity index (χ1n) is 5.76. The zero-order valence-corrected chi connectivity index (χ0v) is 9.65. The number of nitrogens with one attached hydrogen (secondary N) is 2. The molecule has 1 aromatic carbocycles. The molecule has 0 aliphatic carbocycles. The van der Waals surface area contributed by atoms with E-state index < -0.39 is 17.6 Å². The highest BCUT2D eigenvalue weighted by Crippen LogP contribution is 2.32. The van der Waals surface area contributed by atoms with Crippen molar-refractivity contribution >= 4 is 0 Å². The zero-order chi connectivity index (χ0) is 13.2. The quantitative estimate of drug-likeness (QED) is 0.817. The van der Waals surface area contributed by atoms with E-state index in [0.29, 0.717) is 0 Å². The second-order valence-electron chi connectivity index (χ2n) is 4.37. The highest BCUT2D eigenvalue weighted by Gasteiger charge is 2.33. The van der Waals surface area contributed by atoms with E-state index in [2.05, 4.69) is 10.6 Å². The van der Waals surface area contributed by atoms with Crippen LogP contribution >= 0.6 is 0 Å². The molecule has 1 aromatic rings. The zero-order valence-electron chi connectivity index (χ0n) is 9.65. The summed E-state index contributed by atoms with van der Waals surface area (Å²) in [5, 5.41) is 6.11. The predicted molar refractivity (Wildman–Crippen MR) is 59.5 cm³/mol. The maximum Gasteiger partial charge on any atom is 0.416 e. The van der Waals surface area contributed by atoms with Gasteiger partial charge in [0.1, 0.15) is 5.82 Å². The number of hydrogen-bond donors (Lipinski definition) is 2. The minimum absolute atomic E-state index is 0.0267. The summed E-state index contributed by atoms with van der Waals surface area (Å²) in [5.74, 6) is -0.649. The summed E-state index contributed by atoms with van der Waals surface area (Å²) >= 11 is 0. The van der Waals surface area contributed by atoms with Crippen LogP contribution < -0.4 is 10.6 Å². The molecule has 2 N–H and O–H groups in total. The van der Waals surface area contributed by atoms with Gasteiger partial charge in [0.15, 0.2) is 0 Å². The van der Waals surface area contributed by atoms with E-state index in [1.54, 1.807) is 0 Å². The molecule has 0 spiro atoms. The van der Waals surface area contributed by atoms with Crippen LogP contribution in [-0.2, 0) is 12.7 Å². The second kappa shape index (κ2) is 5.24. The summed E-state index contributed by atoms with van der Waals surface area (Å²) in [7, 11) is 0. The van der Waals surface area contributed by atoms with Crippen LogP contribution in [0.25, 0.3) is 0 Å². The molecular weight excluding hydrogens is 248 g/mol. The Labute approximate surface area is 102 Å². The standard InChI is InChI=1S/C12H14F4N2/c13-9-1-2-11(12(14,15)16)8(5-9)6-18-10-3-4-17-7-10/h1-2,5,10,17-18H,3-4,6-7H2/t10-/m0/s1. The second-order valence-corrected chi connectivity index (χ2v) is 4.37. The van der Waals surface area contributed by atoms with Gasteiger partial charge in [-0.3, -0.25) is 0 Å². The van der Waals surface area contributed by atoms with Gasteiger partial charge in [0.05, 0.1) is 5.56 Å². The van der Waals surface area contributed by atoms with Gasteiger partial charge in [-0.15, -0.1) is 0 Å². The van der Waals surface area contributed by atoms with Crippen molar-refractivity contribution in [1.29, 1.82) is 0 Å². The van der Waals surface area contributed by atoms with Crippen molar-refractivity contribution in [2.24, 2.45) is 0 Å². The summed E-state index contributed by atoms with van der Waals surface area (Å²) in [6, 6.07) is 2.72. The fourth-order valence-electron chi connectivity index (χ4n) is 2.07. The summed E-state index contributed by atoms with van der Waals surface area (Å²) < 4.78 is 51.2. The van der Waals surface area contributed by atoms with Gasteiger partial charge in [-0.25, -0.2) is 4.39 Å². The van der Waals surface area contributed by atoms with Gasteiger partial charge < -0.3 is 10.6 Å². The molecule has 1 heterocycles. The Morgan fingerprint density at radius 1 is 1.33 bits per heavy atom. The molecule has 1 aliphatic rings. The lowest BCUT2D eigenvalue weighted by Gasteiger charge is -2.16. The van der Waals surface area contributed by atoms with Crippen LogP contribution in [0, 0.1) is 5.82 Å². The monoisotopic (exact) mass is 262 g/mol. The topological polar surface area (TPSA) is 24.1 Å². The van der Waals surface area contributed by atoms with Gasteiger partial charge in [0.2, 0.25) is 0 Å². The van der Waals surface area contributed by atoms with Crippen LogP contribution in [0.4, 0.5) is 17.6 Å². The minimum atomic E-state index is -4.45. The van der Waals surface area contributed by atoms with E-state index in [9.17, 15) is 17.6 Å². The number of halogens is 4. The molecular formula is C12H14F4N2. The Kier molecular flexibility index (Phi) is 3.87. The lowest BCUT2D eigenvalue weighted by atomic mass is 10.1. The van der Waals surface area contributed by atoms with Crippen molar-refractivity contribution in [3.8, 4) is 0 Å². The highest BCUT2D eigenvalue weighted by molar-refractivity contribution is 5.30. The molecule has 1 aliphatic heterocycles. The number of alkyl halides is 3. The van der Waals surface area contributed by atoms with Crippen molar-refractivity contribution in [2.75, 3.05) is 13.1 Å². The lowest BCUT2D eigenvalue weighted by Crippen LogP contribution is -2.31. The van der Waals surface area contributed by atoms with Crippen LogP contribution in [0.5, 0.6) is 0 Å². The van der Waals surface area contributed by atoms with E-state index in [-0.39, 0.29) is 18.2 Å². The number of benzene rings is 1. The van der Waals surface area contributed by atoms with Gasteiger partial charge in [-0.05, 0) is 36.7 Å². The van der Waals surface area contributed by atoms with Gasteiger partial charge in [0, 0.05) is 19.1 Å². The van der Waals surface area contributed by atoms with E-state index in [4.69, 9.17) is 0 Å². The Bertz CT molecular complexity index is 411. The van der Waals surface area contributed by atoms with Gasteiger partial charge in [-0.1, -0.05) is 0 Å². The minimum Gasteiger partial charge on any atom is -0.315 e. The Morgan fingerprint density at radius 3 is 2.72 bits per heavy atom. The summed E-state index contributed by atoms with van der Waals surface area (Å²) in [5.41, 5.74) is -0.822. The van der Waals surface area contributed by atoms with E-state index in [1.807, 2.05) is 0 Å². The number of rotatable bonds is 3. The molecule has 0 bridgehead atoms. The average Bonchev–Trinajstić information content (AvgIpc) is 2.77. The molecule has 2 rings (SSSR count). The first kappa shape index (κ1) is 13.3. The van der Waals surface area contributed by atoms with Crippen LogP contribution in [-0.4, -0.2) is 19.1 Å². The van der Waals surface area contributed by atoms with Crippen molar-refractivity contribution in [2.45, 2.75) is 25.2 Å². The van der Waals surface area contributed by atoms with Crippen molar-refractivity contribution < 1.29 is 17.6 Å². The number of hydrogen-bond acceptors (Lipinski definition) is 2. The molecule has 18 heavy (non-hydrogen) atoms. The molecule has 2 nitrogen and oxygen atoms in total. The molecule has 0 radical (unpaired) electrons. The van der Waals surface area contributed by atoms with Crippen molar-refractivity contribution in [3.63, 3.8) is 0 Å². The van der Waals surface area contributed by atoms with Crippen LogP contribution in [0.2, 0.25) is 0 Å². The van der Waals surface area contributed by atoms with Gasteiger partial charge >= 0.3 is 6.18 Å². The maximum absolute atomic E-state index is 13.0. The summed E-state index contributed by atoms with van der Waals surface area (Å²) in [4.78, 5) is 0. The Hall–Kier alpha value is -1.14. The van der Waals surface area contributed by atoms with Crippen LogP contribution in [0.1, 0.15) is 17.5 Å². The SMILES string of the molecule is Fc1ccc(C(F)(F)F)c(CN[C@H]2CCNC2)c1. The van der Waals surface area contributed by atoms with Gasteiger partial charge in [-0.2, -0.15) is 13.2 Å². The largest absolute Gasteiger partial charge is 0.416 e. The molecule has 1 atom stereocenters. The van der Waals surface area contributed by atoms with E-state index in [0.717, 1.165) is 37.7 Å². The van der Waals surface area contributed by atoms with Crippen LogP contribution in [0.3, 0.4) is 0 Å². The molecule has 0 saturated carbocycles. The molecule has 0 unspecified atom stereocenters. The molecule has 0 amide bonds. The summed E-state index contributed by atoms with van der Waals surface area (Å²) in [6.07, 6.45) is -3.57. The first-order valence-corrected chi connectivity index (χ1v) is 5.76. The van der Waals surface area contributed by atoms with Crippen LogP contribution in [0.15, 0.2) is 18.2 Å². The van der Waals surface area contributed by atoms with Crippen molar-refractivity contribution in [1.82, 2.24) is 10.6 Å². The fraction of sp³-hybridized carbons (Fsp3) is 0.500. The smallest absolute Gasteiger partial charge is 0.315 e. The molecule has 0 aromatic heterocycles. The third-order valence-electron chi connectivity index (χ3n) is 3.01. The van der Waals surface area contributed by atoms with Gasteiger partial charge in [0.25, 0.3) is 0 Å². The molecule has 100 valence electrons. The third-order valence-corrected chi connectivity index (χ3v) is 3.01. The normalized spacial score (nSPS) is 20.3. The first-order chi connectivity index (χ1) is 8.47. The average molecular weight is 262 g/mol. The Morgan fingerprint density at radius 2 is 2.11 bits per heavy atom. The summed E-state index contributed by atoms with van der Waals surface area (Å²) in [6.45, 7) is 1.61. The predicted octanol–water partition coefficient (Wildman–Crippen LogP) is 2.30.